The lowest BCUT2D eigenvalue weighted by atomic mass is 10.2. The van der Waals surface area contributed by atoms with Gasteiger partial charge in [0.1, 0.15) is 5.82 Å². The zero-order valence-electron chi connectivity index (χ0n) is 8.70. The molecule has 16 heavy (non-hydrogen) atoms. The monoisotopic (exact) mass is 276 g/mol. The summed E-state index contributed by atoms with van der Waals surface area (Å²) in [6.45, 7) is 1.94. The number of allylic oxidation sites excluding steroid dienone is 2. The van der Waals surface area contributed by atoms with Crippen LogP contribution < -0.4 is 0 Å². The van der Waals surface area contributed by atoms with E-state index in [1.807, 2.05) is 31.2 Å². The standard InChI is InChI=1S/C12H9BrN2O/c1-7-8(6-13)12(16)15-10-5-3-2-4-9(10)14-11(7)15/h2-5H,6H2,1H3. The normalized spacial score (nSPS) is 15.0. The SMILES string of the molecule is CC1=C(CBr)C(=O)n2c1nc1ccccc12. The molecule has 0 radical (unpaired) electrons. The van der Waals surface area contributed by atoms with Crippen LogP contribution in [0.25, 0.3) is 16.6 Å². The Kier molecular flexibility index (Phi) is 2.01. The Bertz CT molecular complexity index is 640. The van der Waals surface area contributed by atoms with Crippen molar-refractivity contribution in [1.82, 2.24) is 9.55 Å². The van der Waals surface area contributed by atoms with Gasteiger partial charge in [-0.05, 0) is 19.1 Å². The van der Waals surface area contributed by atoms with Crippen LogP contribution in [0.2, 0.25) is 0 Å². The Morgan fingerprint density at radius 1 is 1.38 bits per heavy atom. The summed E-state index contributed by atoms with van der Waals surface area (Å²) >= 11 is 3.34. The second-order valence-corrected chi connectivity index (χ2v) is 4.36. The number of halogens is 1. The Balaban J connectivity index is 2.38. The van der Waals surface area contributed by atoms with Crippen molar-refractivity contribution in [2.45, 2.75) is 6.92 Å². The molecule has 1 aliphatic heterocycles. The number of hydrogen-bond donors (Lipinski definition) is 0. The van der Waals surface area contributed by atoms with Gasteiger partial charge in [-0.15, -0.1) is 0 Å². The molecule has 0 aliphatic carbocycles. The molecular weight excluding hydrogens is 268 g/mol. The van der Waals surface area contributed by atoms with E-state index >= 15 is 0 Å². The minimum absolute atomic E-state index is 0.0399. The van der Waals surface area contributed by atoms with Crippen molar-refractivity contribution in [3.8, 4) is 0 Å². The summed E-state index contributed by atoms with van der Waals surface area (Å²) in [6.07, 6.45) is 0. The lowest BCUT2D eigenvalue weighted by molar-refractivity contribution is 0.0966. The highest BCUT2D eigenvalue weighted by Gasteiger charge is 2.29. The molecule has 2 aromatic rings. The third kappa shape index (κ3) is 1.08. The first-order chi connectivity index (χ1) is 7.74. The van der Waals surface area contributed by atoms with Crippen LogP contribution in [0.5, 0.6) is 0 Å². The Morgan fingerprint density at radius 2 is 2.12 bits per heavy atom. The van der Waals surface area contributed by atoms with E-state index in [0.29, 0.717) is 5.33 Å². The summed E-state index contributed by atoms with van der Waals surface area (Å²) in [5, 5.41) is 0.579. The van der Waals surface area contributed by atoms with Gasteiger partial charge in [0.25, 0.3) is 5.91 Å². The smallest absolute Gasteiger partial charge is 0.261 e. The maximum absolute atomic E-state index is 12.1. The van der Waals surface area contributed by atoms with E-state index < -0.39 is 0 Å². The first kappa shape index (κ1) is 9.78. The number of nitrogens with zero attached hydrogens (tertiary/aromatic N) is 2. The number of fused-ring (bicyclic) bond motifs is 3. The minimum Gasteiger partial charge on any atom is -0.269 e. The molecule has 1 aliphatic rings. The molecule has 0 atom stereocenters. The summed E-state index contributed by atoms with van der Waals surface area (Å²) in [5.74, 6) is 0.818. The molecule has 3 rings (SSSR count). The molecule has 0 fully saturated rings. The molecule has 1 aromatic carbocycles. The van der Waals surface area contributed by atoms with Gasteiger partial charge >= 0.3 is 0 Å². The lowest BCUT2D eigenvalue weighted by Gasteiger charge is -1.98. The number of carbonyl (C=O) groups excluding carboxylic acids is 1. The van der Waals surface area contributed by atoms with Gasteiger partial charge < -0.3 is 0 Å². The lowest BCUT2D eigenvalue weighted by Crippen LogP contribution is -2.09. The van der Waals surface area contributed by atoms with Crippen molar-refractivity contribution in [3.63, 3.8) is 0 Å². The molecule has 2 heterocycles. The summed E-state index contributed by atoms with van der Waals surface area (Å²) in [5.41, 5.74) is 3.53. The zero-order chi connectivity index (χ0) is 11.3. The number of alkyl halides is 1. The van der Waals surface area contributed by atoms with E-state index in [1.165, 1.54) is 0 Å². The molecular formula is C12H9BrN2O. The molecule has 0 saturated carbocycles. The van der Waals surface area contributed by atoms with Crippen LogP contribution in [0, 0.1) is 0 Å². The van der Waals surface area contributed by atoms with Crippen LogP contribution >= 0.6 is 15.9 Å². The predicted octanol–water partition coefficient (Wildman–Crippen LogP) is 2.86. The predicted molar refractivity (Wildman–Crippen MR) is 66.7 cm³/mol. The molecule has 4 heteroatoms. The van der Waals surface area contributed by atoms with Crippen LogP contribution in [0.15, 0.2) is 29.8 Å². The minimum atomic E-state index is 0.0399. The summed E-state index contributed by atoms with van der Waals surface area (Å²) in [6, 6.07) is 7.70. The molecule has 0 amide bonds. The quantitative estimate of drug-likeness (QED) is 0.751. The Morgan fingerprint density at radius 3 is 2.88 bits per heavy atom. The van der Waals surface area contributed by atoms with E-state index in [-0.39, 0.29) is 5.91 Å². The van der Waals surface area contributed by atoms with Crippen molar-refractivity contribution in [1.29, 1.82) is 0 Å². The average molecular weight is 277 g/mol. The van der Waals surface area contributed by atoms with Gasteiger partial charge in [0.2, 0.25) is 0 Å². The fourth-order valence-electron chi connectivity index (χ4n) is 2.07. The number of benzene rings is 1. The highest BCUT2D eigenvalue weighted by atomic mass is 79.9. The van der Waals surface area contributed by atoms with E-state index in [1.54, 1.807) is 4.57 Å². The van der Waals surface area contributed by atoms with Crippen molar-refractivity contribution in [2.24, 2.45) is 0 Å². The van der Waals surface area contributed by atoms with Crippen molar-refractivity contribution in [3.05, 3.63) is 35.7 Å². The third-order valence-electron chi connectivity index (χ3n) is 2.94. The van der Waals surface area contributed by atoms with E-state index in [4.69, 9.17) is 0 Å². The number of rotatable bonds is 1. The largest absolute Gasteiger partial charge is 0.269 e. The number of aromatic nitrogens is 2. The average Bonchev–Trinajstić information content (AvgIpc) is 2.77. The van der Waals surface area contributed by atoms with Gasteiger partial charge in [-0.2, -0.15) is 0 Å². The summed E-state index contributed by atoms with van der Waals surface area (Å²) in [4.78, 5) is 16.6. The van der Waals surface area contributed by atoms with E-state index in [9.17, 15) is 4.79 Å². The number of para-hydroxylation sites is 2. The van der Waals surface area contributed by atoms with E-state index in [2.05, 4.69) is 20.9 Å². The molecule has 0 N–H and O–H groups in total. The fourth-order valence-corrected chi connectivity index (χ4v) is 2.73. The molecule has 80 valence electrons. The maximum atomic E-state index is 12.1. The second-order valence-electron chi connectivity index (χ2n) is 3.80. The number of hydrogen-bond acceptors (Lipinski definition) is 2. The summed E-state index contributed by atoms with van der Waals surface area (Å²) < 4.78 is 1.70. The second kappa shape index (κ2) is 3.28. The number of carbonyl (C=O) groups is 1. The highest BCUT2D eigenvalue weighted by molar-refractivity contribution is 9.09. The van der Waals surface area contributed by atoms with E-state index in [0.717, 1.165) is 28.0 Å². The topological polar surface area (TPSA) is 34.9 Å². The summed E-state index contributed by atoms with van der Waals surface area (Å²) in [7, 11) is 0. The fraction of sp³-hybridized carbons (Fsp3) is 0.167. The first-order valence-electron chi connectivity index (χ1n) is 5.02. The van der Waals surface area contributed by atoms with Crippen LogP contribution in [-0.2, 0) is 0 Å². The van der Waals surface area contributed by atoms with Crippen molar-refractivity contribution in [2.75, 3.05) is 5.33 Å². The zero-order valence-corrected chi connectivity index (χ0v) is 10.3. The molecule has 1 aromatic heterocycles. The Hall–Kier alpha value is -1.42. The van der Waals surface area contributed by atoms with Gasteiger partial charge in [0, 0.05) is 16.5 Å². The number of imidazole rings is 1. The van der Waals surface area contributed by atoms with Gasteiger partial charge in [-0.1, -0.05) is 28.1 Å². The van der Waals surface area contributed by atoms with Crippen molar-refractivity contribution < 1.29 is 4.79 Å². The van der Waals surface area contributed by atoms with Gasteiger partial charge in [0.15, 0.2) is 0 Å². The highest BCUT2D eigenvalue weighted by Crippen LogP contribution is 2.31. The Labute approximate surface area is 101 Å². The molecule has 0 unspecified atom stereocenters. The van der Waals surface area contributed by atoms with Crippen LogP contribution in [0.1, 0.15) is 17.5 Å². The molecule has 3 nitrogen and oxygen atoms in total. The van der Waals surface area contributed by atoms with Gasteiger partial charge in [-0.25, -0.2) is 4.98 Å². The van der Waals surface area contributed by atoms with Crippen LogP contribution in [-0.4, -0.2) is 20.8 Å². The van der Waals surface area contributed by atoms with Crippen molar-refractivity contribution >= 4 is 38.4 Å². The third-order valence-corrected chi connectivity index (χ3v) is 3.50. The molecule has 0 spiro atoms. The first-order valence-corrected chi connectivity index (χ1v) is 6.14. The molecule has 0 saturated heterocycles. The van der Waals surface area contributed by atoms with Gasteiger partial charge in [0.05, 0.1) is 11.0 Å². The van der Waals surface area contributed by atoms with Crippen LogP contribution in [0.4, 0.5) is 0 Å². The molecule has 0 bridgehead atoms. The van der Waals surface area contributed by atoms with Crippen LogP contribution in [0.3, 0.4) is 0 Å². The maximum Gasteiger partial charge on any atom is 0.261 e. The van der Waals surface area contributed by atoms with Gasteiger partial charge in [-0.3, -0.25) is 9.36 Å².